The van der Waals surface area contributed by atoms with E-state index in [1.165, 1.54) is 14.0 Å². The zero-order valence-corrected chi connectivity index (χ0v) is 21.6. The topological polar surface area (TPSA) is 154 Å². The van der Waals surface area contributed by atoms with Crippen LogP contribution in [0.2, 0.25) is 0 Å². The zero-order valence-electron chi connectivity index (χ0n) is 21.6. The SMILES string of the molecule is CNC(=O)OCC1(c2ccccc2)CCn2c(nnc2[C@@H](COCc2ccccc2)NC(=O)C(C)(N)O)C1. The number of benzene rings is 2. The molecule has 1 aromatic heterocycles. The molecule has 4 rings (SSSR count). The van der Waals surface area contributed by atoms with Gasteiger partial charge >= 0.3 is 6.09 Å². The molecule has 0 bridgehead atoms. The molecule has 0 saturated carbocycles. The van der Waals surface area contributed by atoms with E-state index in [0.717, 1.165) is 11.1 Å². The number of aliphatic hydroxyl groups is 1. The van der Waals surface area contributed by atoms with Crippen molar-refractivity contribution >= 4 is 12.0 Å². The zero-order chi connectivity index (χ0) is 27.2. The van der Waals surface area contributed by atoms with Crippen molar-refractivity contribution in [3.8, 4) is 0 Å². The summed E-state index contributed by atoms with van der Waals surface area (Å²) in [6.45, 7) is 2.34. The smallest absolute Gasteiger partial charge is 0.406 e. The molecule has 3 aromatic rings. The second-order valence-corrected chi connectivity index (χ2v) is 9.70. The van der Waals surface area contributed by atoms with Gasteiger partial charge in [0.1, 0.15) is 18.5 Å². The lowest BCUT2D eigenvalue weighted by Crippen LogP contribution is -2.53. The molecule has 0 spiro atoms. The van der Waals surface area contributed by atoms with Gasteiger partial charge in [0.25, 0.3) is 5.91 Å². The van der Waals surface area contributed by atoms with Crippen LogP contribution >= 0.6 is 0 Å². The standard InChI is InChI=1S/C27H34N6O5/c1-26(28,36)24(34)30-21(17-37-16-19-9-5-3-6-10-19)23-32-31-22-15-27(13-14-33(22)23,18-38-25(35)29-2)20-11-7-4-8-12-20/h3-12,21,36H,13-18,28H2,1-2H3,(H,29,35)(H,30,34)/t21-,26?,27?/m1/s1. The van der Waals surface area contributed by atoms with E-state index in [4.69, 9.17) is 15.2 Å². The van der Waals surface area contributed by atoms with Crippen LogP contribution in [0, 0.1) is 0 Å². The van der Waals surface area contributed by atoms with Gasteiger partial charge in [0.15, 0.2) is 11.5 Å². The normalized spacial score (nSPS) is 19.1. The van der Waals surface area contributed by atoms with Crippen LogP contribution in [0.3, 0.4) is 0 Å². The molecule has 2 aromatic carbocycles. The van der Waals surface area contributed by atoms with E-state index in [9.17, 15) is 14.7 Å². The maximum Gasteiger partial charge on any atom is 0.406 e. The van der Waals surface area contributed by atoms with Crippen molar-refractivity contribution < 1.29 is 24.2 Å². The number of amides is 2. The van der Waals surface area contributed by atoms with Crippen LogP contribution in [0.5, 0.6) is 0 Å². The first kappa shape index (κ1) is 27.2. The minimum atomic E-state index is -2.07. The van der Waals surface area contributed by atoms with Crippen molar-refractivity contribution in [2.75, 3.05) is 20.3 Å². The fourth-order valence-corrected chi connectivity index (χ4v) is 4.57. The predicted molar refractivity (Wildman–Crippen MR) is 139 cm³/mol. The molecule has 1 aliphatic rings. The number of hydrogen-bond donors (Lipinski definition) is 4. The molecule has 2 unspecified atom stereocenters. The third-order valence-electron chi connectivity index (χ3n) is 6.71. The van der Waals surface area contributed by atoms with Gasteiger partial charge in [0.2, 0.25) is 0 Å². The lowest BCUT2D eigenvalue weighted by atomic mass is 9.73. The number of alkyl carbamates (subject to hydrolysis) is 1. The second kappa shape index (κ2) is 11.7. The van der Waals surface area contributed by atoms with E-state index >= 15 is 0 Å². The summed E-state index contributed by atoms with van der Waals surface area (Å²) in [7, 11) is 1.52. The first-order chi connectivity index (χ1) is 18.2. The number of ether oxygens (including phenoxy) is 2. The van der Waals surface area contributed by atoms with Crippen LogP contribution in [0.4, 0.5) is 4.79 Å². The molecule has 2 amide bonds. The molecule has 202 valence electrons. The van der Waals surface area contributed by atoms with Gasteiger partial charge in [-0.1, -0.05) is 60.7 Å². The summed E-state index contributed by atoms with van der Waals surface area (Å²) in [4.78, 5) is 24.5. The molecule has 11 heteroatoms. The number of rotatable bonds is 10. The summed E-state index contributed by atoms with van der Waals surface area (Å²) in [5, 5.41) is 24.1. The number of carbonyl (C=O) groups is 2. The number of nitrogens with two attached hydrogens (primary N) is 1. The Morgan fingerprint density at radius 2 is 1.84 bits per heavy atom. The van der Waals surface area contributed by atoms with E-state index in [2.05, 4.69) is 20.8 Å². The molecule has 11 nitrogen and oxygen atoms in total. The fourth-order valence-electron chi connectivity index (χ4n) is 4.57. The monoisotopic (exact) mass is 522 g/mol. The van der Waals surface area contributed by atoms with Crippen LogP contribution in [-0.2, 0) is 39.3 Å². The van der Waals surface area contributed by atoms with Crippen molar-refractivity contribution in [3.05, 3.63) is 83.4 Å². The van der Waals surface area contributed by atoms with Gasteiger partial charge in [-0.2, -0.15) is 0 Å². The summed E-state index contributed by atoms with van der Waals surface area (Å²) in [5.41, 5.74) is 5.08. The van der Waals surface area contributed by atoms with E-state index in [0.29, 0.717) is 37.6 Å². The van der Waals surface area contributed by atoms with E-state index in [-0.39, 0.29) is 13.2 Å². The number of hydrogen-bond acceptors (Lipinski definition) is 8. The van der Waals surface area contributed by atoms with Crippen LogP contribution in [0.25, 0.3) is 0 Å². The van der Waals surface area contributed by atoms with Crippen molar-refractivity contribution in [3.63, 3.8) is 0 Å². The number of fused-ring (bicyclic) bond motifs is 1. The number of carbonyl (C=O) groups excluding carboxylic acids is 2. The molecular formula is C27H34N6O5. The second-order valence-electron chi connectivity index (χ2n) is 9.70. The summed E-state index contributed by atoms with van der Waals surface area (Å²) in [6.07, 6.45) is 0.619. The highest BCUT2D eigenvalue weighted by molar-refractivity contribution is 5.83. The first-order valence-corrected chi connectivity index (χ1v) is 12.5. The molecule has 0 aliphatic carbocycles. The van der Waals surface area contributed by atoms with Gasteiger partial charge in [-0.25, -0.2) is 4.79 Å². The summed E-state index contributed by atoms with van der Waals surface area (Å²) in [5.74, 6) is 0.438. The van der Waals surface area contributed by atoms with Crippen LogP contribution in [0.1, 0.15) is 42.2 Å². The molecular weight excluding hydrogens is 488 g/mol. The largest absolute Gasteiger partial charge is 0.449 e. The molecule has 1 aliphatic heterocycles. The van der Waals surface area contributed by atoms with Crippen molar-refractivity contribution in [1.29, 1.82) is 0 Å². The van der Waals surface area contributed by atoms with E-state index in [1.807, 2.05) is 65.2 Å². The molecule has 2 heterocycles. The van der Waals surface area contributed by atoms with Crippen molar-refractivity contribution in [2.45, 2.75) is 50.1 Å². The van der Waals surface area contributed by atoms with Gasteiger partial charge in [-0.05, 0) is 24.5 Å². The minimum absolute atomic E-state index is 0.0957. The maximum atomic E-state index is 12.6. The number of aromatic nitrogens is 3. The fraction of sp³-hybridized carbons (Fsp3) is 0.407. The van der Waals surface area contributed by atoms with Gasteiger partial charge in [-0.3, -0.25) is 10.5 Å². The lowest BCUT2D eigenvalue weighted by molar-refractivity contribution is -0.139. The Bertz CT molecular complexity index is 1230. The third-order valence-corrected chi connectivity index (χ3v) is 6.71. The van der Waals surface area contributed by atoms with Crippen LogP contribution in [-0.4, -0.2) is 57.9 Å². The summed E-state index contributed by atoms with van der Waals surface area (Å²) in [6, 6.07) is 18.8. The Hall–Kier alpha value is -3.80. The highest BCUT2D eigenvalue weighted by Gasteiger charge is 2.41. The summed E-state index contributed by atoms with van der Waals surface area (Å²) >= 11 is 0. The molecule has 5 N–H and O–H groups in total. The minimum Gasteiger partial charge on any atom is -0.449 e. The highest BCUT2D eigenvalue weighted by Crippen LogP contribution is 2.37. The quantitative estimate of drug-likeness (QED) is 0.293. The van der Waals surface area contributed by atoms with Gasteiger partial charge < -0.3 is 29.8 Å². The maximum absolute atomic E-state index is 12.6. The van der Waals surface area contributed by atoms with E-state index < -0.39 is 29.2 Å². The van der Waals surface area contributed by atoms with Gasteiger partial charge in [0, 0.05) is 25.4 Å². The Labute approximate surface area is 221 Å². The average Bonchev–Trinajstić information content (AvgIpc) is 3.34. The molecule has 38 heavy (non-hydrogen) atoms. The predicted octanol–water partition coefficient (Wildman–Crippen LogP) is 1.56. The van der Waals surface area contributed by atoms with Gasteiger partial charge in [-0.15, -0.1) is 10.2 Å². The molecule has 0 radical (unpaired) electrons. The molecule has 3 atom stereocenters. The molecule has 0 saturated heterocycles. The Morgan fingerprint density at radius 3 is 2.50 bits per heavy atom. The van der Waals surface area contributed by atoms with Crippen molar-refractivity contribution in [1.82, 2.24) is 25.4 Å². The van der Waals surface area contributed by atoms with Crippen LogP contribution in [0.15, 0.2) is 60.7 Å². The average molecular weight is 523 g/mol. The Kier molecular flexibility index (Phi) is 8.40. The number of nitrogens with zero attached hydrogens (tertiary/aromatic N) is 3. The van der Waals surface area contributed by atoms with Gasteiger partial charge in [0.05, 0.1) is 13.2 Å². The lowest BCUT2D eigenvalue weighted by Gasteiger charge is -2.37. The Morgan fingerprint density at radius 1 is 1.16 bits per heavy atom. The highest BCUT2D eigenvalue weighted by atomic mass is 16.5. The molecule has 0 fully saturated rings. The van der Waals surface area contributed by atoms with E-state index in [1.54, 1.807) is 0 Å². The third kappa shape index (κ3) is 6.36. The van der Waals surface area contributed by atoms with Crippen LogP contribution < -0.4 is 16.4 Å². The van der Waals surface area contributed by atoms with Crippen molar-refractivity contribution in [2.24, 2.45) is 5.73 Å². The number of nitrogens with one attached hydrogen (secondary N) is 2. The summed E-state index contributed by atoms with van der Waals surface area (Å²) < 4.78 is 13.4. The first-order valence-electron chi connectivity index (χ1n) is 12.5. The Balaban J connectivity index is 1.58.